The Bertz CT molecular complexity index is 781. The van der Waals surface area contributed by atoms with Crippen LogP contribution in [-0.4, -0.2) is 41.3 Å². The topological polar surface area (TPSA) is 114 Å². The van der Waals surface area contributed by atoms with Gasteiger partial charge in [-0.05, 0) is 16.0 Å². The average Bonchev–Trinajstić information content (AvgIpc) is 3.25. The predicted octanol–water partition coefficient (Wildman–Crippen LogP) is 1.34. The average molecular weight is 326 g/mol. The van der Waals surface area contributed by atoms with E-state index in [1.165, 1.54) is 11.0 Å². The number of aromatic nitrogens is 7. The Hall–Kier alpha value is -3.10. The minimum Gasteiger partial charge on any atom is -0.291 e. The fourth-order valence-electron chi connectivity index (χ4n) is 2.24. The van der Waals surface area contributed by atoms with Gasteiger partial charge in [0.15, 0.2) is 0 Å². The molecule has 9 heteroatoms. The van der Waals surface area contributed by atoms with Gasteiger partial charge in [0.1, 0.15) is 18.2 Å². The molecule has 3 aromatic rings. The van der Waals surface area contributed by atoms with Gasteiger partial charge in [-0.25, -0.2) is 4.68 Å². The molecule has 0 fully saturated rings. The third kappa shape index (κ3) is 3.62. The summed E-state index contributed by atoms with van der Waals surface area (Å²) in [6, 6.07) is 9.09. The summed E-state index contributed by atoms with van der Waals surface area (Å²) in [5.74, 6) is 0.880. The van der Waals surface area contributed by atoms with Gasteiger partial charge < -0.3 is 0 Å². The van der Waals surface area contributed by atoms with Crippen LogP contribution in [0.1, 0.15) is 37.2 Å². The molecule has 0 aliphatic carbocycles. The number of carbonyl (C=O) groups excluding carboxylic acids is 1. The minimum absolute atomic E-state index is 0.197. The lowest BCUT2D eigenvalue weighted by molar-refractivity contribution is -0.119. The van der Waals surface area contributed by atoms with Crippen LogP contribution in [0.5, 0.6) is 0 Å². The zero-order chi connectivity index (χ0) is 16.9. The molecule has 9 nitrogen and oxygen atoms in total. The molecule has 2 heterocycles. The fourth-order valence-corrected chi connectivity index (χ4v) is 2.24. The van der Waals surface area contributed by atoms with Gasteiger partial charge >= 0.3 is 0 Å². The Morgan fingerprint density at radius 2 is 2.08 bits per heavy atom. The van der Waals surface area contributed by atoms with Crippen molar-refractivity contribution in [3.63, 3.8) is 0 Å². The zero-order valence-corrected chi connectivity index (χ0v) is 13.4. The maximum absolute atomic E-state index is 12.7. The molecule has 3 rings (SSSR count). The second-order valence-electron chi connectivity index (χ2n) is 5.68. The van der Waals surface area contributed by atoms with Crippen LogP contribution in [0.25, 0.3) is 0 Å². The molecule has 124 valence electrons. The summed E-state index contributed by atoms with van der Waals surface area (Å²) >= 11 is 0. The number of anilines is 1. The highest BCUT2D eigenvalue weighted by molar-refractivity contribution is 5.92. The highest BCUT2D eigenvalue weighted by Gasteiger charge is 2.23. The van der Waals surface area contributed by atoms with Gasteiger partial charge in [-0.3, -0.25) is 15.2 Å². The maximum atomic E-state index is 12.7. The first kappa shape index (κ1) is 15.8. The predicted molar refractivity (Wildman–Crippen MR) is 86.1 cm³/mol. The van der Waals surface area contributed by atoms with Crippen LogP contribution in [-0.2, 0) is 11.2 Å². The molecule has 0 radical (unpaired) electrons. The molecular formula is C15H18N8O. The van der Waals surface area contributed by atoms with E-state index in [0.29, 0.717) is 12.2 Å². The van der Waals surface area contributed by atoms with Gasteiger partial charge in [-0.2, -0.15) is 4.98 Å². The first-order chi connectivity index (χ1) is 11.6. The number of hydrogen-bond acceptors (Lipinski definition) is 6. The molecule has 1 aromatic carbocycles. The van der Waals surface area contributed by atoms with Crippen LogP contribution >= 0.6 is 0 Å². The molecule has 2 aromatic heterocycles. The first-order valence-electron chi connectivity index (χ1n) is 7.63. The summed E-state index contributed by atoms with van der Waals surface area (Å²) in [6.45, 7) is 3.98. The molecule has 0 aliphatic heterocycles. The minimum atomic E-state index is -0.594. The van der Waals surface area contributed by atoms with Gasteiger partial charge in [0, 0.05) is 12.3 Å². The van der Waals surface area contributed by atoms with Gasteiger partial charge in [-0.1, -0.05) is 44.2 Å². The highest BCUT2D eigenvalue weighted by atomic mass is 16.2. The molecule has 24 heavy (non-hydrogen) atoms. The molecule has 2 N–H and O–H groups in total. The second kappa shape index (κ2) is 6.99. The van der Waals surface area contributed by atoms with Gasteiger partial charge in [0.05, 0.1) is 0 Å². The number of benzene rings is 1. The summed E-state index contributed by atoms with van der Waals surface area (Å²) in [6.07, 6.45) is 1.88. The molecule has 0 saturated heterocycles. The second-order valence-corrected chi connectivity index (χ2v) is 5.68. The Balaban J connectivity index is 1.78. The first-order valence-corrected chi connectivity index (χ1v) is 7.63. The maximum Gasteiger partial charge on any atom is 0.252 e. The summed E-state index contributed by atoms with van der Waals surface area (Å²) < 4.78 is 1.43. The third-order valence-corrected chi connectivity index (χ3v) is 3.54. The van der Waals surface area contributed by atoms with Crippen molar-refractivity contribution in [2.24, 2.45) is 0 Å². The molecule has 0 aliphatic rings. The van der Waals surface area contributed by atoms with Crippen molar-refractivity contribution >= 4 is 11.9 Å². The number of nitrogens with zero attached hydrogens (tertiary/aromatic N) is 6. The highest BCUT2D eigenvalue weighted by Crippen LogP contribution is 2.16. The molecular weight excluding hydrogens is 308 g/mol. The van der Waals surface area contributed by atoms with Crippen LogP contribution < -0.4 is 5.32 Å². The normalized spacial score (nSPS) is 12.3. The van der Waals surface area contributed by atoms with Crippen LogP contribution in [0.3, 0.4) is 0 Å². The molecule has 0 bridgehead atoms. The van der Waals surface area contributed by atoms with E-state index >= 15 is 0 Å². The van der Waals surface area contributed by atoms with E-state index in [1.807, 2.05) is 44.2 Å². The lowest BCUT2D eigenvalue weighted by atomic mass is 10.1. The van der Waals surface area contributed by atoms with Crippen molar-refractivity contribution < 1.29 is 4.79 Å². The number of nitrogens with one attached hydrogen (secondary N) is 2. The fraction of sp³-hybridized carbons (Fsp3) is 0.333. The van der Waals surface area contributed by atoms with Crippen LogP contribution in [0.15, 0.2) is 36.7 Å². The van der Waals surface area contributed by atoms with E-state index < -0.39 is 6.04 Å². The molecule has 0 saturated carbocycles. The summed E-state index contributed by atoms with van der Waals surface area (Å²) in [5, 5.41) is 20.6. The number of rotatable bonds is 6. The summed E-state index contributed by atoms with van der Waals surface area (Å²) in [5.41, 5.74) is 1.01. The van der Waals surface area contributed by atoms with Crippen molar-refractivity contribution in [1.29, 1.82) is 0 Å². The number of carbonyl (C=O) groups is 1. The van der Waals surface area contributed by atoms with Crippen molar-refractivity contribution in [1.82, 2.24) is 35.4 Å². The number of amides is 1. The van der Waals surface area contributed by atoms with E-state index in [1.54, 1.807) is 0 Å². The zero-order valence-electron chi connectivity index (χ0n) is 13.4. The van der Waals surface area contributed by atoms with E-state index in [4.69, 9.17) is 0 Å². The van der Waals surface area contributed by atoms with E-state index in [-0.39, 0.29) is 17.8 Å². The number of tetrazole rings is 1. The Kier molecular flexibility index (Phi) is 4.59. The number of H-pyrrole nitrogens is 1. The monoisotopic (exact) mass is 326 g/mol. The third-order valence-electron chi connectivity index (χ3n) is 3.54. The standard InChI is InChI=1S/C15H18N8O/c1-10(2)13-17-15(20-19-13)18-14(24)12(23-9-16-21-22-23)8-11-6-4-3-5-7-11/h3-7,9-10,12H,8H2,1-2H3,(H2,17,18,19,20,24)/t12-/m1/s1. The number of hydrogen-bond donors (Lipinski definition) is 2. The van der Waals surface area contributed by atoms with Gasteiger partial charge in [0.2, 0.25) is 5.95 Å². The molecule has 0 spiro atoms. The van der Waals surface area contributed by atoms with Gasteiger partial charge in [-0.15, -0.1) is 10.2 Å². The smallest absolute Gasteiger partial charge is 0.252 e. The van der Waals surface area contributed by atoms with Gasteiger partial charge in [0.25, 0.3) is 5.91 Å². The van der Waals surface area contributed by atoms with Crippen molar-refractivity contribution in [3.05, 3.63) is 48.0 Å². The Labute approximate surface area is 138 Å². The van der Waals surface area contributed by atoms with Crippen molar-refractivity contribution in [2.75, 3.05) is 5.32 Å². The molecule has 1 amide bonds. The van der Waals surface area contributed by atoms with E-state index in [0.717, 1.165) is 5.56 Å². The lowest BCUT2D eigenvalue weighted by Gasteiger charge is -2.15. The number of aromatic amines is 1. The summed E-state index contributed by atoms with van der Waals surface area (Å²) in [4.78, 5) is 16.9. The van der Waals surface area contributed by atoms with E-state index in [2.05, 4.69) is 36.0 Å². The quantitative estimate of drug-likeness (QED) is 0.706. The van der Waals surface area contributed by atoms with Crippen LogP contribution in [0, 0.1) is 0 Å². The largest absolute Gasteiger partial charge is 0.291 e. The Morgan fingerprint density at radius 1 is 1.29 bits per heavy atom. The van der Waals surface area contributed by atoms with Crippen molar-refractivity contribution in [2.45, 2.75) is 32.2 Å². The molecule has 1 atom stereocenters. The lowest BCUT2D eigenvalue weighted by Crippen LogP contribution is -2.28. The Morgan fingerprint density at radius 3 is 2.71 bits per heavy atom. The van der Waals surface area contributed by atoms with Crippen LogP contribution in [0.2, 0.25) is 0 Å². The SMILES string of the molecule is CC(C)c1nc(NC(=O)[C@@H](Cc2ccccc2)n2cnnn2)n[nH]1. The van der Waals surface area contributed by atoms with E-state index in [9.17, 15) is 4.79 Å². The summed E-state index contributed by atoms with van der Waals surface area (Å²) in [7, 11) is 0. The van der Waals surface area contributed by atoms with Crippen molar-refractivity contribution in [3.8, 4) is 0 Å². The molecule has 0 unspecified atom stereocenters. The van der Waals surface area contributed by atoms with Crippen LogP contribution in [0.4, 0.5) is 5.95 Å².